The summed E-state index contributed by atoms with van der Waals surface area (Å²) in [6, 6.07) is 8.92. The van der Waals surface area contributed by atoms with Gasteiger partial charge in [0.15, 0.2) is 0 Å². The fraction of sp³-hybridized carbons (Fsp3) is 0.625. The van der Waals surface area contributed by atoms with Gasteiger partial charge >= 0.3 is 0 Å². The van der Waals surface area contributed by atoms with Crippen molar-refractivity contribution in [1.29, 1.82) is 0 Å². The van der Waals surface area contributed by atoms with Crippen molar-refractivity contribution < 1.29 is 0 Å². The van der Waals surface area contributed by atoms with Gasteiger partial charge in [-0.3, -0.25) is 4.90 Å². The second kappa shape index (κ2) is 5.68. The fourth-order valence-corrected chi connectivity index (χ4v) is 3.10. The lowest BCUT2D eigenvalue weighted by atomic mass is 9.85. The molecule has 2 atom stereocenters. The quantitative estimate of drug-likeness (QED) is 0.763. The van der Waals surface area contributed by atoms with Crippen LogP contribution >= 0.6 is 0 Å². The van der Waals surface area contributed by atoms with Crippen LogP contribution in [0, 0.1) is 18.8 Å². The van der Waals surface area contributed by atoms with Crippen molar-refractivity contribution in [2.45, 2.75) is 40.2 Å². The average Bonchev–Trinajstić information content (AvgIpc) is 2.29. The van der Waals surface area contributed by atoms with Crippen LogP contribution in [0.4, 0.5) is 0 Å². The Hall–Kier alpha value is -0.820. The minimum Gasteiger partial charge on any atom is -0.299 e. The Kier molecular flexibility index (Phi) is 4.22. The van der Waals surface area contributed by atoms with Gasteiger partial charge in [0.05, 0.1) is 0 Å². The fourth-order valence-electron chi connectivity index (χ4n) is 3.10. The number of hydrogen-bond donors (Lipinski definition) is 0. The highest BCUT2D eigenvalue weighted by molar-refractivity contribution is 5.22. The lowest BCUT2D eigenvalue weighted by Gasteiger charge is -2.36. The van der Waals surface area contributed by atoms with Crippen molar-refractivity contribution in [2.75, 3.05) is 13.1 Å². The van der Waals surface area contributed by atoms with Gasteiger partial charge in [0, 0.05) is 13.1 Å². The number of hydrogen-bond acceptors (Lipinski definition) is 1. The van der Waals surface area contributed by atoms with Crippen LogP contribution in [0.3, 0.4) is 0 Å². The van der Waals surface area contributed by atoms with Gasteiger partial charge in [0.2, 0.25) is 0 Å². The van der Waals surface area contributed by atoms with E-state index >= 15 is 0 Å². The summed E-state index contributed by atoms with van der Waals surface area (Å²) < 4.78 is 0. The summed E-state index contributed by atoms with van der Waals surface area (Å²) in [6.45, 7) is 10.6. The third-order valence-corrected chi connectivity index (χ3v) is 4.18. The molecule has 1 fully saturated rings. The number of likely N-dealkylation sites (tertiary alicyclic amines) is 1. The summed E-state index contributed by atoms with van der Waals surface area (Å²) in [5, 5.41) is 0. The summed E-state index contributed by atoms with van der Waals surface area (Å²) in [4.78, 5) is 2.62. The van der Waals surface area contributed by atoms with Gasteiger partial charge in [0.1, 0.15) is 0 Å². The molecule has 1 saturated heterocycles. The third kappa shape index (κ3) is 3.32. The first-order chi connectivity index (χ1) is 8.19. The molecule has 1 nitrogen and oxygen atoms in total. The topological polar surface area (TPSA) is 3.24 Å². The maximum atomic E-state index is 2.62. The molecule has 1 heteroatoms. The summed E-state index contributed by atoms with van der Waals surface area (Å²) >= 11 is 0. The van der Waals surface area contributed by atoms with E-state index in [0.717, 1.165) is 18.4 Å². The van der Waals surface area contributed by atoms with E-state index in [1.54, 1.807) is 0 Å². The molecule has 94 valence electrons. The van der Waals surface area contributed by atoms with Crippen LogP contribution in [0.2, 0.25) is 0 Å². The monoisotopic (exact) mass is 231 g/mol. The van der Waals surface area contributed by atoms with Gasteiger partial charge < -0.3 is 0 Å². The molecule has 1 heterocycles. The van der Waals surface area contributed by atoms with Crippen LogP contribution in [0.5, 0.6) is 0 Å². The molecule has 0 bridgehead atoms. The van der Waals surface area contributed by atoms with E-state index in [2.05, 4.69) is 49.9 Å². The molecule has 0 amide bonds. The smallest absolute Gasteiger partial charge is 0.0233 e. The molecule has 2 rings (SSSR count). The Morgan fingerprint density at radius 2 is 2.18 bits per heavy atom. The standard InChI is InChI=1S/C16H25N/c1-4-16-8-9-17(11-14(16)3)12-15-7-5-6-13(2)10-15/h5-7,10,14,16H,4,8-9,11-12H2,1-3H3. The maximum Gasteiger partial charge on any atom is 0.0233 e. The molecule has 0 spiro atoms. The first kappa shape index (κ1) is 12.6. The molecule has 0 aromatic heterocycles. The van der Waals surface area contributed by atoms with Crippen LogP contribution in [-0.2, 0) is 6.54 Å². The van der Waals surface area contributed by atoms with Crippen molar-refractivity contribution in [3.63, 3.8) is 0 Å². The van der Waals surface area contributed by atoms with E-state index in [0.29, 0.717) is 0 Å². The van der Waals surface area contributed by atoms with Gasteiger partial charge in [-0.1, -0.05) is 50.1 Å². The number of benzene rings is 1. The maximum absolute atomic E-state index is 2.62. The third-order valence-electron chi connectivity index (χ3n) is 4.18. The second-order valence-corrected chi connectivity index (χ2v) is 5.66. The molecule has 0 aliphatic carbocycles. The summed E-state index contributed by atoms with van der Waals surface area (Å²) in [5.41, 5.74) is 2.84. The SMILES string of the molecule is CCC1CCN(Cc2cccc(C)c2)CC1C. The molecule has 0 N–H and O–H groups in total. The van der Waals surface area contributed by atoms with Crippen LogP contribution in [0.1, 0.15) is 37.8 Å². The lowest BCUT2D eigenvalue weighted by molar-refractivity contribution is 0.121. The highest BCUT2D eigenvalue weighted by atomic mass is 15.1. The molecule has 2 unspecified atom stereocenters. The number of nitrogens with zero attached hydrogens (tertiary/aromatic N) is 1. The van der Waals surface area contributed by atoms with E-state index in [1.165, 1.54) is 37.1 Å². The van der Waals surface area contributed by atoms with Gasteiger partial charge in [-0.05, 0) is 37.3 Å². The van der Waals surface area contributed by atoms with Crippen molar-refractivity contribution in [3.05, 3.63) is 35.4 Å². The van der Waals surface area contributed by atoms with Gasteiger partial charge in [-0.15, -0.1) is 0 Å². The van der Waals surface area contributed by atoms with Gasteiger partial charge in [0.25, 0.3) is 0 Å². The average molecular weight is 231 g/mol. The molecular formula is C16H25N. The minimum atomic E-state index is 0.860. The first-order valence-corrected chi connectivity index (χ1v) is 6.97. The predicted molar refractivity (Wildman–Crippen MR) is 74.0 cm³/mol. The zero-order chi connectivity index (χ0) is 12.3. The molecule has 1 aliphatic heterocycles. The zero-order valence-electron chi connectivity index (χ0n) is 11.4. The Morgan fingerprint density at radius 1 is 1.35 bits per heavy atom. The normalized spacial score (nSPS) is 26.1. The van der Waals surface area contributed by atoms with E-state index in [-0.39, 0.29) is 0 Å². The summed E-state index contributed by atoms with van der Waals surface area (Å²) in [5.74, 6) is 1.81. The van der Waals surface area contributed by atoms with Gasteiger partial charge in [-0.25, -0.2) is 0 Å². The highest BCUT2D eigenvalue weighted by Gasteiger charge is 2.24. The Balaban J connectivity index is 1.93. The van der Waals surface area contributed by atoms with Crippen LogP contribution in [0.25, 0.3) is 0 Å². The first-order valence-electron chi connectivity index (χ1n) is 6.97. The predicted octanol–water partition coefficient (Wildman–Crippen LogP) is 3.86. The van der Waals surface area contributed by atoms with Gasteiger partial charge in [-0.2, -0.15) is 0 Å². The van der Waals surface area contributed by atoms with Crippen LogP contribution in [-0.4, -0.2) is 18.0 Å². The zero-order valence-corrected chi connectivity index (χ0v) is 11.4. The van der Waals surface area contributed by atoms with E-state index in [9.17, 15) is 0 Å². The van der Waals surface area contributed by atoms with Crippen LogP contribution in [0.15, 0.2) is 24.3 Å². The van der Waals surface area contributed by atoms with Crippen molar-refractivity contribution in [1.82, 2.24) is 4.90 Å². The largest absolute Gasteiger partial charge is 0.299 e. The van der Waals surface area contributed by atoms with Crippen molar-refractivity contribution in [2.24, 2.45) is 11.8 Å². The van der Waals surface area contributed by atoms with E-state index in [4.69, 9.17) is 0 Å². The molecule has 1 aromatic rings. The molecular weight excluding hydrogens is 206 g/mol. The Labute approximate surface area is 106 Å². The van der Waals surface area contributed by atoms with Crippen molar-refractivity contribution >= 4 is 0 Å². The van der Waals surface area contributed by atoms with Crippen molar-refractivity contribution in [3.8, 4) is 0 Å². The Morgan fingerprint density at radius 3 is 2.82 bits per heavy atom. The van der Waals surface area contributed by atoms with E-state index < -0.39 is 0 Å². The number of piperidine rings is 1. The molecule has 1 aliphatic rings. The summed E-state index contributed by atoms with van der Waals surface area (Å²) in [6.07, 6.45) is 2.73. The number of rotatable bonds is 3. The molecule has 1 aromatic carbocycles. The highest BCUT2D eigenvalue weighted by Crippen LogP contribution is 2.26. The summed E-state index contributed by atoms with van der Waals surface area (Å²) in [7, 11) is 0. The second-order valence-electron chi connectivity index (χ2n) is 5.66. The molecule has 0 saturated carbocycles. The van der Waals surface area contributed by atoms with E-state index in [1.807, 2.05) is 0 Å². The Bertz CT molecular complexity index is 358. The molecule has 0 radical (unpaired) electrons. The lowest BCUT2D eigenvalue weighted by Crippen LogP contribution is -2.38. The minimum absolute atomic E-state index is 0.860. The number of aryl methyl sites for hydroxylation is 1. The van der Waals surface area contributed by atoms with Crippen LogP contribution < -0.4 is 0 Å². The molecule has 17 heavy (non-hydrogen) atoms.